The van der Waals surface area contributed by atoms with Crippen LogP contribution in [0.4, 0.5) is 0 Å². The normalized spacial score (nSPS) is 16.1. The summed E-state index contributed by atoms with van der Waals surface area (Å²) in [6.07, 6.45) is 6.61. The van der Waals surface area contributed by atoms with Gasteiger partial charge in [-0.1, -0.05) is 42.8 Å². The fourth-order valence-corrected chi connectivity index (χ4v) is 2.89. The van der Waals surface area contributed by atoms with Gasteiger partial charge in [0.15, 0.2) is 0 Å². The second kappa shape index (κ2) is 8.38. The van der Waals surface area contributed by atoms with Crippen LogP contribution in [0.5, 0.6) is 0 Å². The van der Waals surface area contributed by atoms with E-state index in [2.05, 4.69) is 55.7 Å². The van der Waals surface area contributed by atoms with Crippen LogP contribution in [0.15, 0.2) is 42.5 Å². The fourth-order valence-electron chi connectivity index (χ4n) is 2.89. The maximum atomic E-state index is 4.02. The molecule has 0 radical (unpaired) electrons. The van der Waals surface area contributed by atoms with Gasteiger partial charge in [0.1, 0.15) is 0 Å². The van der Waals surface area contributed by atoms with E-state index in [0.29, 0.717) is 5.92 Å². The maximum Gasteiger partial charge on any atom is 0.000966 e. The van der Waals surface area contributed by atoms with Crippen LogP contribution in [0.2, 0.25) is 0 Å². The van der Waals surface area contributed by atoms with Crippen LogP contribution in [-0.4, -0.2) is 24.5 Å². The number of rotatable bonds is 10. The quantitative estimate of drug-likeness (QED) is 0.531. The van der Waals surface area contributed by atoms with Crippen molar-refractivity contribution in [2.75, 3.05) is 19.6 Å². The highest BCUT2D eigenvalue weighted by atomic mass is 15.1. The van der Waals surface area contributed by atoms with E-state index >= 15 is 0 Å². The van der Waals surface area contributed by atoms with Gasteiger partial charge in [-0.25, -0.2) is 0 Å². The van der Waals surface area contributed by atoms with Crippen LogP contribution in [0.25, 0.3) is 0 Å². The Hall–Kier alpha value is -1.08. The lowest BCUT2D eigenvalue weighted by Gasteiger charge is -2.24. The molecule has 0 aromatic heterocycles. The standard InChI is InChI=1S/C20H31N/c1-17(2)8-7-14-21(16-19-11-12-19)15-13-18(3)20-9-5-4-6-10-20/h4-6,9-10,18-19H,1,7-8,11-16H2,2-3H3. The molecule has 1 saturated carbocycles. The number of hydrogen-bond donors (Lipinski definition) is 0. The second-order valence-electron chi connectivity index (χ2n) is 6.91. The lowest BCUT2D eigenvalue weighted by Crippen LogP contribution is -2.29. The molecule has 116 valence electrons. The predicted octanol–water partition coefficient (Wildman–Crippen LogP) is 5.25. The number of benzene rings is 1. The summed E-state index contributed by atoms with van der Waals surface area (Å²) < 4.78 is 0. The van der Waals surface area contributed by atoms with E-state index in [9.17, 15) is 0 Å². The van der Waals surface area contributed by atoms with E-state index in [-0.39, 0.29) is 0 Å². The summed E-state index contributed by atoms with van der Waals surface area (Å²) >= 11 is 0. The molecule has 1 unspecified atom stereocenters. The summed E-state index contributed by atoms with van der Waals surface area (Å²) in [6.45, 7) is 12.3. The first-order valence-electron chi connectivity index (χ1n) is 8.57. The van der Waals surface area contributed by atoms with Crippen molar-refractivity contribution >= 4 is 0 Å². The third-order valence-corrected chi connectivity index (χ3v) is 4.54. The third kappa shape index (κ3) is 6.48. The molecule has 2 rings (SSSR count). The first-order valence-corrected chi connectivity index (χ1v) is 8.57. The second-order valence-corrected chi connectivity index (χ2v) is 6.91. The predicted molar refractivity (Wildman–Crippen MR) is 92.7 cm³/mol. The van der Waals surface area contributed by atoms with Crippen LogP contribution >= 0.6 is 0 Å². The SMILES string of the molecule is C=C(C)CCCN(CCC(C)c1ccccc1)CC1CC1. The van der Waals surface area contributed by atoms with Crippen LogP contribution in [-0.2, 0) is 0 Å². The number of hydrogen-bond acceptors (Lipinski definition) is 1. The highest BCUT2D eigenvalue weighted by Crippen LogP contribution is 2.30. The van der Waals surface area contributed by atoms with Crippen LogP contribution in [0.1, 0.15) is 57.4 Å². The summed E-state index contributed by atoms with van der Waals surface area (Å²) in [5.74, 6) is 1.65. The Morgan fingerprint density at radius 3 is 2.57 bits per heavy atom. The lowest BCUT2D eigenvalue weighted by atomic mass is 9.97. The zero-order valence-electron chi connectivity index (χ0n) is 13.9. The summed E-state index contributed by atoms with van der Waals surface area (Å²) in [4.78, 5) is 2.69. The van der Waals surface area contributed by atoms with Crippen LogP contribution in [0.3, 0.4) is 0 Å². The molecule has 1 fully saturated rings. The van der Waals surface area contributed by atoms with E-state index in [4.69, 9.17) is 0 Å². The van der Waals surface area contributed by atoms with Gasteiger partial charge in [0.25, 0.3) is 0 Å². The van der Waals surface area contributed by atoms with Gasteiger partial charge < -0.3 is 4.90 Å². The van der Waals surface area contributed by atoms with Crippen molar-refractivity contribution in [1.82, 2.24) is 4.90 Å². The molecule has 1 atom stereocenters. The van der Waals surface area contributed by atoms with E-state index in [1.807, 2.05) is 0 Å². The van der Waals surface area contributed by atoms with Crippen molar-refractivity contribution in [3.05, 3.63) is 48.0 Å². The minimum absolute atomic E-state index is 0.661. The molecule has 0 saturated heterocycles. The summed E-state index contributed by atoms with van der Waals surface area (Å²) in [6, 6.07) is 10.9. The highest BCUT2D eigenvalue weighted by Gasteiger charge is 2.24. The van der Waals surface area contributed by atoms with Gasteiger partial charge in [-0.05, 0) is 69.5 Å². The van der Waals surface area contributed by atoms with E-state index < -0.39 is 0 Å². The molecule has 21 heavy (non-hydrogen) atoms. The van der Waals surface area contributed by atoms with Gasteiger partial charge in [0.05, 0.1) is 0 Å². The molecule has 0 bridgehead atoms. The molecule has 1 aliphatic carbocycles. The number of nitrogens with zero attached hydrogens (tertiary/aromatic N) is 1. The van der Waals surface area contributed by atoms with Gasteiger partial charge >= 0.3 is 0 Å². The zero-order valence-corrected chi connectivity index (χ0v) is 13.9. The van der Waals surface area contributed by atoms with Gasteiger partial charge in [0.2, 0.25) is 0 Å². The molecular formula is C20H31N. The van der Waals surface area contributed by atoms with E-state index in [1.54, 1.807) is 0 Å². The largest absolute Gasteiger partial charge is 0.303 e. The minimum atomic E-state index is 0.661. The zero-order chi connectivity index (χ0) is 15.1. The summed E-state index contributed by atoms with van der Waals surface area (Å²) in [5.41, 5.74) is 2.80. The maximum absolute atomic E-state index is 4.02. The molecule has 0 heterocycles. The number of allylic oxidation sites excluding steroid dienone is 1. The molecule has 0 spiro atoms. The van der Waals surface area contributed by atoms with E-state index in [0.717, 1.165) is 5.92 Å². The fraction of sp³-hybridized carbons (Fsp3) is 0.600. The average molecular weight is 285 g/mol. The highest BCUT2D eigenvalue weighted by molar-refractivity contribution is 5.18. The molecular weight excluding hydrogens is 254 g/mol. The summed E-state index contributed by atoms with van der Waals surface area (Å²) in [5, 5.41) is 0. The van der Waals surface area contributed by atoms with Crippen molar-refractivity contribution in [1.29, 1.82) is 0 Å². The first kappa shape index (κ1) is 16.3. The topological polar surface area (TPSA) is 3.24 Å². The van der Waals surface area contributed by atoms with Gasteiger partial charge in [-0.15, -0.1) is 6.58 Å². The van der Waals surface area contributed by atoms with Crippen molar-refractivity contribution in [3.8, 4) is 0 Å². The Labute approximate surface area is 131 Å². The molecule has 1 aliphatic rings. The minimum Gasteiger partial charge on any atom is -0.303 e. The molecule has 0 amide bonds. The lowest BCUT2D eigenvalue weighted by molar-refractivity contribution is 0.251. The Morgan fingerprint density at radius 2 is 1.95 bits per heavy atom. The van der Waals surface area contributed by atoms with Crippen molar-refractivity contribution in [3.63, 3.8) is 0 Å². The Bertz CT molecular complexity index is 419. The van der Waals surface area contributed by atoms with Gasteiger partial charge in [-0.3, -0.25) is 0 Å². The first-order chi connectivity index (χ1) is 10.1. The van der Waals surface area contributed by atoms with Crippen LogP contribution in [0, 0.1) is 5.92 Å². The average Bonchev–Trinajstić information content (AvgIpc) is 3.28. The van der Waals surface area contributed by atoms with Gasteiger partial charge in [0, 0.05) is 6.54 Å². The van der Waals surface area contributed by atoms with Crippen molar-refractivity contribution in [2.24, 2.45) is 5.92 Å². The van der Waals surface area contributed by atoms with Crippen LogP contribution < -0.4 is 0 Å². The van der Waals surface area contributed by atoms with E-state index in [1.165, 1.54) is 62.9 Å². The van der Waals surface area contributed by atoms with Gasteiger partial charge in [-0.2, -0.15) is 0 Å². The Balaban J connectivity index is 1.76. The Morgan fingerprint density at radius 1 is 1.24 bits per heavy atom. The third-order valence-electron chi connectivity index (χ3n) is 4.54. The molecule has 1 nitrogen and oxygen atoms in total. The molecule has 1 aromatic rings. The molecule has 1 heteroatoms. The monoisotopic (exact) mass is 285 g/mol. The van der Waals surface area contributed by atoms with Crippen molar-refractivity contribution < 1.29 is 0 Å². The molecule has 0 N–H and O–H groups in total. The molecule has 0 aliphatic heterocycles. The van der Waals surface area contributed by atoms with Crippen molar-refractivity contribution in [2.45, 2.75) is 51.9 Å². The molecule has 1 aromatic carbocycles. The Kier molecular flexibility index (Phi) is 6.50. The summed E-state index contributed by atoms with van der Waals surface area (Å²) in [7, 11) is 0. The smallest absolute Gasteiger partial charge is 0.000966 e.